The highest BCUT2D eigenvalue weighted by Crippen LogP contribution is 2.34. The number of likely N-dealkylation sites (tertiary alicyclic amines) is 1. The lowest BCUT2D eigenvalue weighted by Crippen LogP contribution is -2.27. The monoisotopic (exact) mass is 266 g/mol. The van der Waals surface area contributed by atoms with Crippen molar-refractivity contribution in [2.45, 2.75) is 12.0 Å². The van der Waals surface area contributed by atoms with E-state index in [4.69, 9.17) is 9.47 Å². The molecule has 104 valence electrons. The van der Waals surface area contributed by atoms with Crippen LogP contribution in [0.1, 0.15) is 11.5 Å². The number of methoxy groups -OCH3 is 2. The van der Waals surface area contributed by atoms with Crippen molar-refractivity contribution in [3.63, 3.8) is 0 Å². The molecule has 1 aliphatic rings. The van der Waals surface area contributed by atoms with Crippen LogP contribution in [0.25, 0.3) is 0 Å². The smallest absolute Gasteiger partial charge is 0.233 e. The van der Waals surface area contributed by atoms with Crippen LogP contribution in [0.3, 0.4) is 0 Å². The minimum Gasteiger partial charge on any atom is -0.493 e. The first-order valence-electron chi connectivity index (χ1n) is 6.10. The number of nitro groups is 1. The zero-order valence-electron chi connectivity index (χ0n) is 11.3. The topological polar surface area (TPSA) is 64.8 Å². The van der Waals surface area contributed by atoms with Crippen molar-refractivity contribution in [3.8, 4) is 11.5 Å². The van der Waals surface area contributed by atoms with Gasteiger partial charge in [0.2, 0.25) is 6.04 Å². The van der Waals surface area contributed by atoms with Crippen LogP contribution in [0.5, 0.6) is 11.5 Å². The molecule has 0 radical (unpaired) electrons. The van der Waals surface area contributed by atoms with Crippen LogP contribution in [0.15, 0.2) is 18.2 Å². The predicted octanol–water partition coefficient (Wildman–Crippen LogP) is 1.38. The van der Waals surface area contributed by atoms with Gasteiger partial charge in [-0.15, -0.1) is 0 Å². The standard InChI is InChI=1S/C13H18N2O4/c1-14-7-10(11(8-14)15(16)17)9-4-5-12(18-2)13(6-9)19-3/h4-6,10-11H,7-8H2,1-3H3. The Bertz CT molecular complexity index is 478. The Morgan fingerprint density at radius 2 is 1.95 bits per heavy atom. The van der Waals surface area contributed by atoms with Gasteiger partial charge in [0, 0.05) is 11.5 Å². The third kappa shape index (κ3) is 2.63. The molecule has 0 bridgehead atoms. The van der Waals surface area contributed by atoms with E-state index >= 15 is 0 Å². The summed E-state index contributed by atoms with van der Waals surface area (Å²) in [5.41, 5.74) is 0.920. The average Bonchev–Trinajstić information content (AvgIpc) is 2.80. The van der Waals surface area contributed by atoms with Gasteiger partial charge in [-0.25, -0.2) is 0 Å². The fraction of sp³-hybridized carbons (Fsp3) is 0.538. The number of likely N-dealkylation sites (N-methyl/N-ethyl adjacent to an activating group) is 1. The van der Waals surface area contributed by atoms with E-state index in [0.29, 0.717) is 24.6 Å². The highest BCUT2D eigenvalue weighted by Gasteiger charge is 2.40. The summed E-state index contributed by atoms with van der Waals surface area (Å²) in [6.07, 6.45) is 0. The first-order chi connectivity index (χ1) is 9.06. The fourth-order valence-electron chi connectivity index (χ4n) is 2.60. The van der Waals surface area contributed by atoms with Crippen LogP contribution in [-0.4, -0.2) is 50.2 Å². The van der Waals surface area contributed by atoms with Crippen molar-refractivity contribution in [3.05, 3.63) is 33.9 Å². The Hall–Kier alpha value is -1.82. The molecule has 0 aliphatic carbocycles. The molecule has 1 fully saturated rings. The summed E-state index contributed by atoms with van der Waals surface area (Å²) in [5, 5.41) is 11.1. The molecule has 2 unspecified atom stereocenters. The molecule has 6 nitrogen and oxygen atoms in total. The van der Waals surface area contributed by atoms with E-state index in [1.807, 2.05) is 24.1 Å². The van der Waals surface area contributed by atoms with E-state index in [2.05, 4.69) is 0 Å². The SMILES string of the molecule is COc1ccc(C2CN(C)CC2[N+](=O)[O-])cc1OC. The minimum absolute atomic E-state index is 0.111. The van der Waals surface area contributed by atoms with E-state index in [1.54, 1.807) is 20.3 Å². The maximum atomic E-state index is 11.1. The lowest BCUT2D eigenvalue weighted by molar-refractivity contribution is -0.521. The molecule has 1 saturated heterocycles. The van der Waals surface area contributed by atoms with E-state index in [-0.39, 0.29) is 10.8 Å². The fourth-order valence-corrected chi connectivity index (χ4v) is 2.60. The van der Waals surface area contributed by atoms with Crippen LogP contribution in [0, 0.1) is 10.1 Å². The van der Waals surface area contributed by atoms with Gasteiger partial charge in [-0.05, 0) is 24.7 Å². The van der Waals surface area contributed by atoms with Crippen molar-refractivity contribution in [2.75, 3.05) is 34.4 Å². The second kappa shape index (κ2) is 5.44. The van der Waals surface area contributed by atoms with Gasteiger partial charge in [0.15, 0.2) is 11.5 Å². The summed E-state index contributed by atoms with van der Waals surface area (Å²) in [6, 6.07) is 4.94. The van der Waals surface area contributed by atoms with Gasteiger partial charge >= 0.3 is 0 Å². The molecule has 1 aromatic rings. The van der Waals surface area contributed by atoms with Gasteiger partial charge in [0.05, 0.1) is 26.7 Å². The zero-order valence-corrected chi connectivity index (χ0v) is 11.3. The van der Waals surface area contributed by atoms with Crippen molar-refractivity contribution < 1.29 is 14.4 Å². The number of hydrogen-bond donors (Lipinski definition) is 0. The molecule has 0 aromatic heterocycles. The molecule has 2 rings (SSSR count). The third-order valence-corrected chi connectivity index (χ3v) is 3.58. The molecule has 19 heavy (non-hydrogen) atoms. The van der Waals surface area contributed by atoms with Gasteiger partial charge in [-0.3, -0.25) is 15.0 Å². The van der Waals surface area contributed by atoms with Gasteiger partial charge in [-0.1, -0.05) is 6.07 Å². The Balaban J connectivity index is 2.33. The third-order valence-electron chi connectivity index (χ3n) is 3.58. The van der Waals surface area contributed by atoms with Crippen LogP contribution in [0.4, 0.5) is 0 Å². The van der Waals surface area contributed by atoms with Crippen LogP contribution >= 0.6 is 0 Å². The molecule has 0 saturated carbocycles. The summed E-state index contributed by atoms with van der Waals surface area (Å²) < 4.78 is 10.4. The second-order valence-corrected chi connectivity index (χ2v) is 4.79. The van der Waals surface area contributed by atoms with Gasteiger partial charge in [0.25, 0.3) is 0 Å². The molecule has 1 heterocycles. The molecule has 0 N–H and O–H groups in total. The number of rotatable bonds is 4. The quantitative estimate of drug-likeness (QED) is 0.608. The minimum atomic E-state index is -0.567. The van der Waals surface area contributed by atoms with E-state index in [9.17, 15) is 10.1 Å². The lowest BCUT2D eigenvalue weighted by atomic mass is 9.94. The Morgan fingerprint density at radius 3 is 2.53 bits per heavy atom. The summed E-state index contributed by atoms with van der Waals surface area (Å²) in [5.74, 6) is 1.13. The summed E-state index contributed by atoms with van der Waals surface area (Å²) in [6.45, 7) is 1.16. The van der Waals surface area contributed by atoms with Crippen molar-refractivity contribution in [2.24, 2.45) is 0 Å². The maximum Gasteiger partial charge on any atom is 0.233 e. The average molecular weight is 266 g/mol. The molecule has 1 aliphatic heterocycles. The van der Waals surface area contributed by atoms with Crippen molar-refractivity contribution >= 4 is 0 Å². The zero-order chi connectivity index (χ0) is 14.0. The van der Waals surface area contributed by atoms with E-state index in [0.717, 1.165) is 5.56 Å². The number of nitrogens with zero attached hydrogens (tertiary/aromatic N) is 2. The first kappa shape index (κ1) is 13.6. The van der Waals surface area contributed by atoms with E-state index in [1.165, 1.54) is 0 Å². The first-order valence-corrected chi connectivity index (χ1v) is 6.10. The van der Waals surface area contributed by atoms with Crippen molar-refractivity contribution in [1.29, 1.82) is 0 Å². The molecular weight excluding hydrogens is 248 g/mol. The lowest BCUT2D eigenvalue weighted by Gasteiger charge is -2.15. The second-order valence-electron chi connectivity index (χ2n) is 4.79. The van der Waals surface area contributed by atoms with Gasteiger partial charge in [0.1, 0.15) is 0 Å². The molecular formula is C13H18N2O4. The van der Waals surface area contributed by atoms with Crippen LogP contribution in [-0.2, 0) is 0 Å². The molecule has 6 heteroatoms. The highest BCUT2D eigenvalue weighted by molar-refractivity contribution is 5.44. The predicted molar refractivity (Wildman–Crippen MR) is 70.6 cm³/mol. The largest absolute Gasteiger partial charge is 0.493 e. The number of ether oxygens (including phenoxy) is 2. The summed E-state index contributed by atoms with van der Waals surface area (Å²) >= 11 is 0. The molecule has 0 spiro atoms. The highest BCUT2D eigenvalue weighted by atomic mass is 16.6. The molecule has 2 atom stereocenters. The van der Waals surface area contributed by atoms with Crippen molar-refractivity contribution in [1.82, 2.24) is 4.90 Å². The Morgan fingerprint density at radius 1 is 1.26 bits per heavy atom. The maximum absolute atomic E-state index is 11.1. The molecule has 1 aromatic carbocycles. The Kier molecular flexibility index (Phi) is 3.90. The summed E-state index contributed by atoms with van der Waals surface area (Å²) in [4.78, 5) is 12.9. The Labute approximate surface area is 112 Å². The number of hydrogen-bond acceptors (Lipinski definition) is 5. The normalized spacial score (nSPS) is 23.3. The van der Waals surface area contributed by atoms with E-state index < -0.39 is 6.04 Å². The van der Waals surface area contributed by atoms with Crippen LogP contribution < -0.4 is 9.47 Å². The molecule has 0 amide bonds. The summed E-state index contributed by atoms with van der Waals surface area (Å²) in [7, 11) is 5.03. The van der Waals surface area contributed by atoms with Gasteiger partial charge < -0.3 is 9.47 Å². The van der Waals surface area contributed by atoms with Gasteiger partial charge in [-0.2, -0.15) is 0 Å². The number of benzene rings is 1. The van der Waals surface area contributed by atoms with Crippen LogP contribution in [0.2, 0.25) is 0 Å².